The minimum absolute atomic E-state index is 0.0176. The molecule has 1 aromatic carbocycles. The second-order valence-electron chi connectivity index (χ2n) is 7.89. The molecule has 9 heteroatoms. The lowest BCUT2D eigenvalue weighted by atomic mass is 10.0. The van der Waals surface area contributed by atoms with E-state index in [1.54, 1.807) is 23.1 Å². The van der Waals surface area contributed by atoms with Gasteiger partial charge in [0.2, 0.25) is 5.91 Å². The monoisotopic (exact) mass is 456 g/mol. The summed E-state index contributed by atoms with van der Waals surface area (Å²) in [4.78, 5) is 28.7. The van der Waals surface area contributed by atoms with Crippen molar-refractivity contribution in [3.63, 3.8) is 0 Å². The minimum atomic E-state index is -3.21. The summed E-state index contributed by atoms with van der Waals surface area (Å²) >= 11 is 6.30. The molecule has 1 aliphatic heterocycles. The topological polar surface area (TPSA) is 84.0 Å². The first-order valence-electron chi connectivity index (χ1n) is 10.4. The molecule has 2 fully saturated rings. The highest BCUT2D eigenvalue weighted by Gasteiger charge is 2.34. The number of nitrogens with zero attached hydrogens (tertiary/aromatic N) is 2. The Balaban J connectivity index is 1.58. The van der Waals surface area contributed by atoms with Crippen molar-refractivity contribution in [2.45, 2.75) is 43.4 Å². The molecule has 1 aliphatic carbocycles. The van der Waals surface area contributed by atoms with Crippen LogP contribution in [0.25, 0.3) is 0 Å². The summed E-state index contributed by atoms with van der Waals surface area (Å²) in [6, 6.07) is 6.52. The van der Waals surface area contributed by atoms with Crippen molar-refractivity contribution < 1.29 is 22.7 Å². The average molecular weight is 457 g/mol. The fraction of sp³-hybridized carbons (Fsp3) is 0.619. The zero-order valence-corrected chi connectivity index (χ0v) is 18.8. The molecule has 30 heavy (non-hydrogen) atoms. The normalized spacial score (nSPS) is 19.6. The third kappa shape index (κ3) is 5.34. The van der Waals surface area contributed by atoms with Crippen molar-refractivity contribution in [2.75, 3.05) is 39.0 Å². The van der Waals surface area contributed by atoms with Gasteiger partial charge in [-0.2, -0.15) is 0 Å². The van der Waals surface area contributed by atoms with Crippen LogP contribution in [0.15, 0.2) is 24.3 Å². The Morgan fingerprint density at radius 3 is 2.37 bits per heavy atom. The van der Waals surface area contributed by atoms with Gasteiger partial charge in [-0.3, -0.25) is 9.69 Å². The van der Waals surface area contributed by atoms with Crippen molar-refractivity contribution in [2.24, 2.45) is 0 Å². The highest BCUT2D eigenvalue weighted by molar-refractivity contribution is 7.92. The minimum Gasteiger partial charge on any atom is -0.468 e. The van der Waals surface area contributed by atoms with E-state index in [2.05, 4.69) is 0 Å². The van der Waals surface area contributed by atoms with Gasteiger partial charge >= 0.3 is 5.97 Å². The fourth-order valence-corrected chi connectivity index (χ4v) is 6.40. The maximum Gasteiger partial charge on any atom is 0.327 e. The molecule has 3 rings (SSSR count). The Morgan fingerprint density at radius 1 is 1.13 bits per heavy atom. The molecule has 1 atom stereocenters. The Morgan fingerprint density at radius 2 is 1.77 bits per heavy atom. The third-order valence-corrected chi connectivity index (χ3v) is 8.67. The second kappa shape index (κ2) is 10.1. The summed E-state index contributed by atoms with van der Waals surface area (Å²) in [5.74, 6) is -0.629. The number of esters is 1. The predicted octanol–water partition coefficient (Wildman–Crippen LogP) is 2.45. The highest BCUT2D eigenvalue weighted by Crippen LogP contribution is 2.30. The van der Waals surface area contributed by atoms with E-state index < -0.39 is 21.8 Å². The Hall–Kier alpha value is -1.64. The number of hydrogen-bond donors (Lipinski definition) is 0. The SMILES string of the molecule is COC(=O)C(c1ccccc1Cl)N1CCN(C(=O)CCS(=O)(=O)C2CCCC2)CC1. The highest BCUT2D eigenvalue weighted by atomic mass is 35.5. The van der Waals surface area contributed by atoms with Gasteiger partial charge in [-0.25, -0.2) is 13.2 Å². The van der Waals surface area contributed by atoms with Crippen molar-refractivity contribution in [1.82, 2.24) is 9.80 Å². The van der Waals surface area contributed by atoms with Gasteiger partial charge in [-0.1, -0.05) is 42.6 Å². The molecule has 7 nitrogen and oxygen atoms in total. The van der Waals surface area contributed by atoms with Gasteiger partial charge in [0.25, 0.3) is 0 Å². The van der Waals surface area contributed by atoms with Crippen LogP contribution in [0.4, 0.5) is 0 Å². The fourth-order valence-electron chi connectivity index (χ4n) is 4.31. The van der Waals surface area contributed by atoms with Crippen LogP contribution in [0, 0.1) is 0 Å². The Kier molecular flexibility index (Phi) is 7.76. The molecule has 166 valence electrons. The van der Waals surface area contributed by atoms with Crippen LogP contribution < -0.4 is 0 Å². The number of ether oxygens (including phenoxy) is 1. The van der Waals surface area contributed by atoms with E-state index in [9.17, 15) is 18.0 Å². The summed E-state index contributed by atoms with van der Waals surface area (Å²) in [6.45, 7) is 1.82. The van der Waals surface area contributed by atoms with E-state index in [-0.39, 0.29) is 23.3 Å². The Bertz CT molecular complexity index is 862. The number of rotatable bonds is 7. The summed E-state index contributed by atoms with van der Waals surface area (Å²) < 4.78 is 29.8. The number of carbonyl (C=O) groups excluding carboxylic acids is 2. The Labute approximate surface area is 183 Å². The van der Waals surface area contributed by atoms with E-state index in [4.69, 9.17) is 16.3 Å². The third-order valence-electron chi connectivity index (χ3n) is 6.07. The molecule has 0 aromatic heterocycles. The van der Waals surface area contributed by atoms with E-state index in [0.717, 1.165) is 12.8 Å². The van der Waals surface area contributed by atoms with Gasteiger partial charge < -0.3 is 9.64 Å². The molecule has 1 unspecified atom stereocenters. The van der Waals surface area contributed by atoms with Gasteiger partial charge in [0.1, 0.15) is 6.04 Å². The molecule has 1 saturated carbocycles. The zero-order chi connectivity index (χ0) is 21.7. The molecule has 0 radical (unpaired) electrons. The van der Waals surface area contributed by atoms with Gasteiger partial charge in [0.05, 0.1) is 18.1 Å². The zero-order valence-electron chi connectivity index (χ0n) is 17.3. The largest absolute Gasteiger partial charge is 0.468 e. The summed E-state index contributed by atoms with van der Waals surface area (Å²) in [5.41, 5.74) is 0.674. The molecule has 1 heterocycles. The lowest BCUT2D eigenvalue weighted by Crippen LogP contribution is -2.51. The number of amides is 1. The smallest absolute Gasteiger partial charge is 0.327 e. The standard InChI is InChI=1S/C21H29ClN2O5S/c1-29-21(26)20(17-8-4-5-9-18(17)22)24-13-11-23(12-14-24)19(25)10-15-30(27,28)16-6-2-3-7-16/h4-5,8-9,16,20H,2-3,6-7,10-15H2,1H3. The van der Waals surface area contributed by atoms with Crippen molar-refractivity contribution in [1.29, 1.82) is 0 Å². The first-order chi connectivity index (χ1) is 14.3. The molecule has 1 saturated heterocycles. The van der Waals surface area contributed by atoms with E-state index >= 15 is 0 Å². The molecule has 0 spiro atoms. The van der Waals surface area contributed by atoms with E-state index in [0.29, 0.717) is 49.6 Å². The van der Waals surface area contributed by atoms with Gasteiger partial charge in [0, 0.05) is 37.6 Å². The van der Waals surface area contributed by atoms with Crippen LogP contribution in [-0.2, 0) is 24.2 Å². The van der Waals surface area contributed by atoms with Crippen molar-refractivity contribution in [3.05, 3.63) is 34.9 Å². The quantitative estimate of drug-likeness (QED) is 0.586. The predicted molar refractivity (Wildman–Crippen MR) is 115 cm³/mol. The molecule has 2 aliphatic rings. The van der Waals surface area contributed by atoms with Crippen LogP contribution >= 0.6 is 11.6 Å². The lowest BCUT2D eigenvalue weighted by molar-refractivity contribution is -0.148. The van der Waals surface area contributed by atoms with Crippen LogP contribution in [-0.4, -0.2) is 74.4 Å². The van der Waals surface area contributed by atoms with Gasteiger partial charge in [-0.05, 0) is 24.5 Å². The molecular formula is C21H29ClN2O5S. The maximum absolute atomic E-state index is 12.6. The number of halogens is 1. The summed E-state index contributed by atoms with van der Waals surface area (Å²) in [5, 5.41) is 0.210. The average Bonchev–Trinajstić information content (AvgIpc) is 3.30. The first kappa shape index (κ1) is 23.0. The number of benzene rings is 1. The molecule has 1 aromatic rings. The van der Waals surface area contributed by atoms with Crippen LogP contribution in [0.2, 0.25) is 5.02 Å². The number of carbonyl (C=O) groups is 2. The maximum atomic E-state index is 12.6. The van der Waals surface area contributed by atoms with Gasteiger partial charge in [-0.15, -0.1) is 0 Å². The second-order valence-corrected chi connectivity index (χ2v) is 10.7. The number of piperazine rings is 1. The first-order valence-corrected chi connectivity index (χ1v) is 12.5. The summed E-state index contributed by atoms with van der Waals surface area (Å²) in [6.07, 6.45) is 3.35. The van der Waals surface area contributed by atoms with E-state index in [1.807, 2.05) is 11.0 Å². The van der Waals surface area contributed by atoms with Crippen molar-refractivity contribution >= 4 is 33.3 Å². The van der Waals surface area contributed by atoms with Gasteiger partial charge in [0.15, 0.2) is 9.84 Å². The molecule has 1 amide bonds. The number of sulfone groups is 1. The molecule has 0 bridgehead atoms. The summed E-state index contributed by atoms with van der Waals surface area (Å²) in [7, 11) is -1.86. The number of hydrogen-bond acceptors (Lipinski definition) is 6. The van der Waals surface area contributed by atoms with Crippen LogP contribution in [0.1, 0.15) is 43.7 Å². The molecular weight excluding hydrogens is 428 g/mol. The number of methoxy groups -OCH3 is 1. The van der Waals surface area contributed by atoms with Crippen molar-refractivity contribution in [3.8, 4) is 0 Å². The van der Waals surface area contributed by atoms with E-state index in [1.165, 1.54) is 7.11 Å². The van der Waals surface area contributed by atoms with Crippen LogP contribution in [0.3, 0.4) is 0 Å². The lowest BCUT2D eigenvalue weighted by Gasteiger charge is -2.38. The van der Waals surface area contributed by atoms with Crippen LogP contribution in [0.5, 0.6) is 0 Å². The molecule has 0 N–H and O–H groups in total.